The lowest BCUT2D eigenvalue weighted by molar-refractivity contribution is -0.170. The summed E-state index contributed by atoms with van der Waals surface area (Å²) >= 11 is 0. The Morgan fingerprint density at radius 3 is 0.787 bits per heavy atom. The molecule has 0 aromatic rings. The molecule has 0 heterocycles. The van der Waals surface area contributed by atoms with Gasteiger partial charge in [-0.2, -0.15) is 0 Å². The molecular weight excluding hydrogens is 995 g/mol. The third-order valence-corrected chi connectivity index (χ3v) is 20.8. The van der Waals surface area contributed by atoms with Crippen molar-refractivity contribution in [1.82, 2.24) is 4.90 Å². The van der Waals surface area contributed by atoms with Gasteiger partial charge >= 0.3 is 23.9 Å². The molecule has 9 nitrogen and oxygen atoms in total. The number of carbonyl (C=O) groups excluding carboxylic acids is 4. The summed E-state index contributed by atoms with van der Waals surface area (Å²) in [6.45, 7) is 6.99. The molecule has 0 aromatic carbocycles. The first kappa shape index (κ1) is 67.0. The predicted molar refractivity (Wildman–Crippen MR) is 327 cm³/mol. The molecular formula is C71H125NO8. The van der Waals surface area contributed by atoms with Crippen molar-refractivity contribution in [3.05, 3.63) is 0 Å². The molecule has 6 aliphatic rings. The summed E-state index contributed by atoms with van der Waals surface area (Å²) in [6.07, 6.45) is 52.0. The molecule has 12 atom stereocenters. The van der Waals surface area contributed by atoms with Crippen molar-refractivity contribution < 1.29 is 38.1 Å². The van der Waals surface area contributed by atoms with Crippen LogP contribution in [0, 0.1) is 76.4 Å². The van der Waals surface area contributed by atoms with E-state index in [-0.39, 0.29) is 56.7 Å². The fourth-order valence-electron chi connectivity index (χ4n) is 14.5. The van der Waals surface area contributed by atoms with E-state index in [4.69, 9.17) is 18.9 Å². The summed E-state index contributed by atoms with van der Waals surface area (Å²) in [5.41, 5.74) is -1.21. The van der Waals surface area contributed by atoms with Crippen LogP contribution in [0.1, 0.15) is 303 Å². The average Bonchev–Trinajstić information content (AvgIpc) is 4.16. The number of hydrogen-bond acceptors (Lipinski definition) is 9. The van der Waals surface area contributed by atoms with E-state index in [1.165, 1.54) is 193 Å². The maximum Gasteiger partial charge on any atom is 0.305 e. The molecule has 6 rings (SSSR count). The molecule has 6 saturated carbocycles. The van der Waals surface area contributed by atoms with Crippen LogP contribution in [-0.2, 0) is 38.1 Å². The Hall–Kier alpha value is -2.16. The van der Waals surface area contributed by atoms with E-state index >= 15 is 0 Å². The Labute approximate surface area is 491 Å². The fourth-order valence-corrected chi connectivity index (χ4v) is 14.5. The molecule has 462 valence electrons. The Balaban J connectivity index is 0.886. The Kier molecular flexibility index (Phi) is 31.8. The maximum atomic E-state index is 13.4. The summed E-state index contributed by atoms with van der Waals surface area (Å²) in [6, 6.07) is 0. The molecule has 0 aliphatic heterocycles. The minimum atomic E-state index is -1.21. The molecule has 0 N–H and O–H groups in total. The minimum absolute atomic E-state index is 0.162. The zero-order valence-electron chi connectivity index (χ0n) is 52.8. The largest absolute Gasteiger partial charge is 0.465 e. The van der Waals surface area contributed by atoms with Crippen molar-refractivity contribution in [3.63, 3.8) is 0 Å². The van der Waals surface area contributed by atoms with Crippen LogP contribution in [0.25, 0.3) is 0 Å². The first-order chi connectivity index (χ1) is 39.0. The van der Waals surface area contributed by atoms with E-state index in [2.05, 4.69) is 20.8 Å². The monoisotopic (exact) mass is 1120 g/mol. The average molecular weight is 1120 g/mol. The van der Waals surface area contributed by atoms with Crippen LogP contribution in [-0.4, -0.2) is 75.8 Å². The number of hydrogen-bond donors (Lipinski definition) is 0. The van der Waals surface area contributed by atoms with Crippen molar-refractivity contribution in [2.45, 2.75) is 303 Å². The zero-order valence-corrected chi connectivity index (χ0v) is 52.8. The molecule has 0 radical (unpaired) electrons. The van der Waals surface area contributed by atoms with Crippen LogP contribution >= 0.6 is 0 Å². The van der Waals surface area contributed by atoms with E-state index < -0.39 is 5.41 Å². The summed E-state index contributed by atoms with van der Waals surface area (Å²) < 4.78 is 23.8. The van der Waals surface area contributed by atoms with E-state index in [1.807, 2.05) is 19.0 Å². The Bertz CT molecular complexity index is 1550. The van der Waals surface area contributed by atoms with Gasteiger partial charge < -0.3 is 23.8 Å². The summed E-state index contributed by atoms with van der Waals surface area (Å²) in [5, 5.41) is 0. The molecule has 6 fully saturated rings. The lowest BCUT2D eigenvalue weighted by Gasteiger charge is -2.31. The third-order valence-electron chi connectivity index (χ3n) is 20.8. The van der Waals surface area contributed by atoms with Gasteiger partial charge in [0.2, 0.25) is 0 Å². The topological polar surface area (TPSA) is 108 Å². The van der Waals surface area contributed by atoms with Gasteiger partial charge in [0.1, 0.15) is 31.8 Å². The zero-order chi connectivity index (χ0) is 56.8. The van der Waals surface area contributed by atoms with Crippen LogP contribution in [0.15, 0.2) is 0 Å². The van der Waals surface area contributed by atoms with Gasteiger partial charge in [-0.25, -0.2) is 0 Å². The van der Waals surface area contributed by atoms with Crippen molar-refractivity contribution in [3.8, 4) is 0 Å². The smallest absolute Gasteiger partial charge is 0.305 e. The lowest BCUT2D eigenvalue weighted by Crippen LogP contribution is -2.44. The molecule has 0 aromatic heterocycles. The summed E-state index contributed by atoms with van der Waals surface area (Å²) in [4.78, 5) is 55.3. The molecule has 0 saturated heterocycles. The molecule has 12 unspecified atom stereocenters. The highest BCUT2D eigenvalue weighted by atomic mass is 16.6. The summed E-state index contributed by atoms with van der Waals surface area (Å²) in [7, 11) is 3.95. The van der Waals surface area contributed by atoms with E-state index in [1.54, 1.807) is 0 Å². The minimum Gasteiger partial charge on any atom is -0.465 e. The van der Waals surface area contributed by atoms with Crippen LogP contribution in [0.2, 0.25) is 0 Å². The highest BCUT2D eigenvalue weighted by Crippen LogP contribution is 2.57. The molecule has 0 amide bonds. The van der Waals surface area contributed by atoms with Crippen molar-refractivity contribution in [2.75, 3.05) is 47.1 Å². The van der Waals surface area contributed by atoms with Gasteiger partial charge in [0.25, 0.3) is 0 Å². The van der Waals surface area contributed by atoms with Crippen molar-refractivity contribution >= 4 is 23.9 Å². The van der Waals surface area contributed by atoms with E-state index in [0.717, 1.165) is 135 Å². The molecule has 0 spiro atoms. The Morgan fingerprint density at radius 2 is 0.537 bits per heavy atom. The van der Waals surface area contributed by atoms with Gasteiger partial charge in [0, 0.05) is 25.7 Å². The molecule has 6 aliphatic carbocycles. The molecule has 9 heteroatoms. The van der Waals surface area contributed by atoms with Gasteiger partial charge in [-0.3, -0.25) is 19.2 Å². The van der Waals surface area contributed by atoms with Gasteiger partial charge in [-0.05, 0) is 175 Å². The summed E-state index contributed by atoms with van der Waals surface area (Å²) in [5.74, 6) is 10.6. The van der Waals surface area contributed by atoms with Gasteiger partial charge in [-0.15, -0.1) is 0 Å². The highest BCUT2D eigenvalue weighted by Gasteiger charge is 2.47. The van der Waals surface area contributed by atoms with Crippen LogP contribution < -0.4 is 0 Å². The van der Waals surface area contributed by atoms with Crippen LogP contribution in [0.5, 0.6) is 0 Å². The van der Waals surface area contributed by atoms with Gasteiger partial charge in [0.15, 0.2) is 0 Å². The second-order valence-electron chi connectivity index (χ2n) is 28.7. The van der Waals surface area contributed by atoms with Gasteiger partial charge in [0.05, 0.1) is 0 Å². The second kappa shape index (κ2) is 38.0. The molecule has 0 bridgehead atoms. The first-order valence-corrected chi connectivity index (χ1v) is 35.2. The standard InChI is InChI=1S/C71H125NO8/c1-6-9-21-31-55-42-61(55)48-64-45-58(64)34-24-15-12-18-27-37-67(73)77-51-71(54-80-70(76)40-30-41-72(4)5,52-78-68(74)38-28-19-13-16-25-35-59-46-65(59)49-62-43-56(62)32-22-10-7-2)53-79-69(75)39-29-20-14-17-26-36-60-47-66(60)50-63-44-57(63)33-23-11-8-3/h55-66H,6-54H2,1-5H3. The normalized spacial score (nSPS) is 27.6. The Morgan fingerprint density at radius 1 is 0.312 bits per heavy atom. The quantitative estimate of drug-likeness (QED) is 0.0334. The number of esters is 4. The fraction of sp³-hybridized carbons (Fsp3) is 0.944. The number of rotatable bonds is 54. The number of carbonyl (C=O) groups is 4. The van der Waals surface area contributed by atoms with Crippen LogP contribution in [0.3, 0.4) is 0 Å². The SMILES string of the molecule is CCCCCC1CC1CC1CC1CCCCCCCC(=O)OCC(COC(=O)CCCCCCCC1CC1CC1CC1CCCCC)(COC(=O)CCCCCCCC1CC1CC1CC1CCCCC)COC(=O)CCCN(C)C. The van der Waals surface area contributed by atoms with Crippen molar-refractivity contribution in [2.24, 2.45) is 76.4 Å². The molecule has 80 heavy (non-hydrogen) atoms. The predicted octanol–water partition coefficient (Wildman–Crippen LogP) is 18.4. The van der Waals surface area contributed by atoms with Crippen LogP contribution in [0.4, 0.5) is 0 Å². The van der Waals surface area contributed by atoms with Gasteiger partial charge in [-0.1, -0.05) is 194 Å². The van der Waals surface area contributed by atoms with Crippen molar-refractivity contribution in [1.29, 1.82) is 0 Å². The second-order valence-corrected chi connectivity index (χ2v) is 28.7. The highest BCUT2D eigenvalue weighted by molar-refractivity contribution is 5.71. The number of nitrogens with zero attached hydrogens (tertiary/aromatic N) is 1. The lowest BCUT2D eigenvalue weighted by atomic mass is 9.92. The number of unbranched alkanes of at least 4 members (excludes halogenated alkanes) is 18. The van der Waals surface area contributed by atoms with E-state index in [9.17, 15) is 19.2 Å². The third kappa shape index (κ3) is 29.1. The maximum absolute atomic E-state index is 13.4. The first-order valence-electron chi connectivity index (χ1n) is 35.2. The number of ether oxygens (including phenoxy) is 4. The van der Waals surface area contributed by atoms with E-state index in [0.29, 0.717) is 25.7 Å².